The zero-order valence-electron chi connectivity index (χ0n) is 14.6. The van der Waals surface area contributed by atoms with Crippen LogP contribution >= 0.6 is 11.3 Å². The van der Waals surface area contributed by atoms with Crippen molar-refractivity contribution in [2.75, 3.05) is 36.5 Å². The summed E-state index contributed by atoms with van der Waals surface area (Å²) in [6.07, 6.45) is 10.8. The summed E-state index contributed by atoms with van der Waals surface area (Å²) in [5.41, 5.74) is 6.54. The second kappa shape index (κ2) is 10.1. The molecule has 0 amide bonds. The van der Waals surface area contributed by atoms with E-state index in [0.717, 1.165) is 10.2 Å². The van der Waals surface area contributed by atoms with Crippen LogP contribution < -0.4 is 21.7 Å². The number of nitrogens with two attached hydrogens (primary N) is 1. The summed E-state index contributed by atoms with van der Waals surface area (Å²) in [5, 5.41) is 9.79. The van der Waals surface area contributed by atoms with E-state index in [0.29, 0.717) is 17.0 Å². The molecule has 0 radical (unpaired) electrons. The molecule has 9 heteroatoms. The first-order valence-electron chi connectivity index (χ1n) is 8.10. The molecule has 8 nitrogen and oxygen atoms in total. The van der Waals surface area contributed by atoms with E-state index in [1.165, 1.54) is 37.3 Å². The molecule has 3 heterocycles. The molecule has 2 aromatic heterocycles. The van der Waals surface area contributed by atoms with E-state index >= 15 is 0 Å². The van der Waals surface area contributed by atoms with Gasteiger partial charge in [-0.1, -0.05) is 23.5 Å². The van der Waals surface area contributed by atoms with Gasteiger partial charge < -0.3 is 16.4 Å². The maximum absolute atomic E-state index is 5.60. The summed E-state index contributed by atoms with van der Waals surface area (Å²) < 4.78 is 1.10. The van der Waals surface area contributed by atoms with Crippen molar-refractivity contribution >= 4 is 44.5 Å². The zero-order chi connectivity index (χ0) is 18.8. The lowest BCUT2D eigenvalue weighted by molar-refractivity contribution is 0.857. The number of terminal acetylenes is 1. The number of anilines is 4. The maximum Gasteiger partial charge on any atom is 0.235 e. The predicted octanol–water partition coefficient (Wildman–Crippen LogP) is 2.47. The molecule has 1 aliphatic rings. The number of aromatic nitrogens is 4. The van der Waals surface area contributed by atoms with E-state index in [2.05, 4.69) is 48.7 Å². The molecule has 0 atom stereocenters. The van der Waals surface area contributed by atoms with Gasteiger partial charge in [-0.2, -0.15) is 15.0 Å². The number of rotatable bonds is 3. The van der Waals surface area contributed by atoms with Crippen molar-refractivity contribution in [3.63, 3.8) is 0 Å². The lowest BCUT2D eigenvalue weighted by Crippen LogP contribution is -2.06. The van der Waals surface area contributed by atoms with Crippen LogP contribution in [0.15, 0.2) is 24.3 Å². The van der Waals surface area contributed by atoms with Crippen LogP contribution in [0.5, 0.6) is 0 Å². The van der Waals surface area contributed by atoms with Crippen LogP contribution in [0.3, 0.4) is 0 Å². The van der Waals surface area contributed by atoms with Crippen molar-refractivity contribution in [2.24, 2.45) is 0 Å². The van der Waals surface area contributed by atoms with Gasteiger partial charge in [-0.3, -0.25) is 5.32 Å². The molecule has 0 saturated carbocycles. The number of nitrogen functional groups attached to an aromatic ring is 1. The quantitative estimate of drug-likeness (QED) is 0.520. The zero-order valence-corrected chi connectivity index (χ0v) is 15.4. The third-order valence-electron chi connectivity index (χ3n) is 3.35. The fourth-order valence-electron chi connectivity index (χ4n) is 2.21. The van der Waals surface area contributed by atoms with Gasteiger partial charge in [0, 0.05) is 7.05 Å². The first-order valence-corrected chi connectivity index (χ1v) is 8.92. The Hall–Kier alpha value is -2.96. The largest absolute Gasteiger partial charge is 0.368 e. The highest BCUT2D eigenvalue weighted by Gasteiger charge is 2.07. The van der Waals surface area contributed by atoms with Crippen molar-refractivity contribution < 1.29 is 0 Å². The summed E-state index contributed by atoms with van der Waals surface area (Å²) in [5.74, 6) is 0.940. The second-order valence-electron chi connectivity index (χ2n) is 5.16. The van der Waals surface area contributed by atoms with Gasteiger partial charge in [-0.05, 0) is 38.1 Å². The number of para-hydroxylation sites is 1. The molecule has 0 spiro atoms. The molecule has 0 aliphatic carbocycles. The number of thiazole rings is 1. The molecule has 4 rings (SSSR count). The number of fused-ring (bicyclic) bond motifs is 1. The standard InChI is InChI=1S/C11H11N7S.C4H9N.C2H2/c1-13-9-15-8(12)16-10(17-9)18-11-14-6-4-2-3-5-7(6)19-11;1-2-4-5-3-1;1-2/h2-5H,1H3,(H4,12,13,14,15,16,17,18);5H,1-4H2;1-2H. The lowest BCUT2D eigenvalue weighted by Gasteiger charge is -2.03. The number of hydrogen-bond acceptors (Lipinski definition) is 9. The Morgan fingerprint density at radius 1 is 1.04 bits per heavy atom. The monoisotopic (exact) mass is 370 g/mol. The smallest absolute Gasteiger partial charge is 0.235 e. The number of benzene rings is 1. The van der Waals surface area contributed by atoms with Crippen molar-refractivity contribution in [2.45, 2.75) is 12.8 Å². The molecule has 136 valence electrons. The molecular formula is C17H22N8S. The van der Waals surface area contributed by atoms with Gasteiger partial charge in [-0.25, -0.2) is 4.98 Å². The Kier molecular flexibility index (Phi) is 7.54. The molecule has 26 heavy (non-hydrogen) atoms. The molecule has 3 aromatic rings. The van der Waals surface area contributed by atoms with Crippen molar-refractivity contribution in [3.8, 4) is 12.8 Å². The molecule has 5 N–H and O–H groups in total. The van der Waals surface area contributed by atoms with Crippen LogP contribution in [0.1, 0.15) is 12.8 Å². The molecule has 0 bridgehead atoms. The van der Waals surface area contributed by atoms with Crippen molar-refractivity contribution in [3.05, 3.63) is 24.3 Å². The van der Waals surface area contributed by atoms with E-state index in [9.17, 15) is 0 Å². The van der Waals surface area contributed by atoms with Gasteiger partial charge in [0.2, 0.25) is 17.8 Å². The van der Waals surface area contributed by atoms with Gasteiger partial charge in [0.05, 0.1) is 10.2 Å². The van der Waals surface area contributed by atoms with Gasteiger partial charge in [0.25, 0.3) is 0 Å². The summed E-state index contributed by atoms with van der Waals surface area (Å²) in [4.78, 5) is 16.5. The Morgan fingerprint density at radius 3 is 2.35 bits per heavy atom. The first kappa shape index (κ1) is 19.4. The third-order valence-corrected chi connectivity index (χ3v) is 4.30. The average Bonchev–Trinajstić information content (AvgIpc) is 3.35. The average molecular weight is 370 g/mol. The molecule has 1 fully saturated rings. The number of hydrogen-bond donors (Lipinski definition) is 4. The Balaban J connectivity index is 0.000000295. The fourth-order valence-corrected chi connectivity index (χ4v) is 3.07. The van der Waals surface area contributed by atoms with Crippen LogP contribution in [0, 0.1) is 12.8 Å². The van der Waals surface area contributed by atoms with E-state index < -0.39 is 0 Å². The van der Waals surface area contributed by atoms with Crippen LogP contribution in [0.4, 0.5) is 23.0 Å². The number of nitrogens with zero attached hydrogens (tertiary/aromatic N) is 4. The fraction of sp³-hybridized carbons (Fsp3) is 0.294. The third kappa shape index (κ3) is 5.54. The van der Waals surface area contributed by atoms with E-state index in [1.54, 1.807) is 7.05 Å². The normalized spacial score (nSPS) is 12.4. The molecule has 1 aliphatic heterocycles. The SMILES string of the molecule is C#C.C1CCNC1.CNc1nc(N)nc(Nc2nc3ccccc3s2)n1. The van der Waals surface area contributed by atoms with Crippen LogP contribution in [-0.2, 0) is 0 Å². The molecule has 1 aromatic carbocycles. The lowest BCUT2D eigenvalue weighted by atomic mass is 10.3. The van der Waals surface area contributed by atoms with Crippen LogP contribution in [-0.4, -0.2) is 40.1 Å². The van der Waals surface area contributed by atoms with Gasteiger partial charge in [0.1, 0.15) is 0 Å². The topological polar surface area (TPSA) is 114 Å². The van der Waals surface area contributed by atoms with E-state index in [1.807, 2.05) is 24.3 Å². The maximum atomic E-state index is 5.60. The van der Waals surface area contributed by atoms with Crippen LogP contribution in [0.25, 0.3) is 10.2 Å². The highest BCUT2D eigenvalue weighted by molar-refractivity contribution is 7.22. The second-order valence-corrected chi connectivity index (χ2v) is 6.19. The van der Waals surface area contributed by atoms with Gasteiger partial charge in [-0.15, -0.1) is 12.8 Å². The Labute approximate surface area is 156 Å². The predicted molar refractivity (Wildman–Crippen MR) is 109 cm³/mol. The van der Waals surface area contributed by atoms with Gasteiger partial charge in [0.15, 0.2) is 5.13 Å². The summed E-state index contributed by atoms with van der Waals surface area (Å²) in [7, 11) is 1.72. The van der Waals surface area contributed by atoms with Crippen molar-refractivity contribution in [1.82, 2.24) is 25.3 Å². The van der Waals surface area contributed by atoms with E-state index in [-0.39, 0.29) is 5.95 Å². The summed E-state index contributed by atoms with van der Waals surface area (Å²) in [6.45, 7) is 2.50. The Bertz CT molecular complexity index is 800. The summed E-state index contributed by atoms with van der Waals surface area (Å²) >= 11 is 1.53. The molecule has 1 saturated heterocycles. The molecular weight excluding hydrogens is 348 g/mol. The van der Waals surface area contributed by atoms with E-state index in [4.69, 9.17) is 5.73 Å². The minimum atomic E-state index is 0.156. The minimum Gasteiger partial charge on any atom is -0.368 e. The highest BCUT2D eigenvalue weighted by atomic mass is 32.1. The van der Waals surface area contributed by atoms with Crippen LogP contribution in [0.2, 0.25) is 0 Å². The summed E-state index contributed by atoms with van der Waals surface area (Å²) in [6, 6.07) is 7.90. The number of nitrogens with one attached hydrogen (secondary N) is 3. The Morgan fingerprint density at radius 2 is 1.73 bits per heavy atom. The van der Waals surface area contributed by atoms with Crippen molar-refractivity contribution in [1.29, 1.82) is 0 Å². The highest BCUT2D eigenvalue weighted by Crippen LogP contribution is 2.27. The molecule has 0 unspecified atom stereocenters. The first-order chi connectivity index (χ1) is 12.7. The minimum absolute atomic E-state index is 0.156. The van der Waals surface area contributed by atoms with Gasteiger partial charge >= 0.3 is 0 Å².